The molecule has 1 aliphatic carbocycles. The first kappa shape index (κ1) is 18.6. The molecule has 2 aliphatic heterocycles. The number of nitrogens with one attached hydrogen (secondary N) is 1. The van der Waals surface area contributed by atoms with Gasteiger partial charge in [-0.15, -0.1) is 0 Å². The molecule has 0 aromatic carbocycles. The monoisotopic (exact) mass is 351 g/mol. The lowest BCUT2D eigenvalue weighted by molar-refractivity contribution is -0.146. The second kappa shape index (κ2) is 8.49. The third-order valence-corrected chi connectivity index (χ3v) is 6.41. The molecule has 3 fully saturated rings. The molecule has 142 valence electrons. The fourth-order valence-electron chi connectivity index (χ4n) is 4.88. The molecule has 0 spiro atoms. The number of likely N-dealkylation sites (N-methyl/N-ethyl adjacent to an activating group) is 1. The van der Waals surface area contributed by atoms with Gasteiger partial charge in [0.05, 0.1) is 6.10 Å². The van der Waals surface area contributed by atoms with Gasteiger partial charge in [-0.25, -0.2) is 0 Å². The summed E-state index contributed by atoms with van der Waals surface area (Å²) in [5.74, 6) is 1.25. The number of amides is 2. The Labute approximate surface area is 151 Å². The summed E-state index contributed by atoms with van der Waals surface area (Å²) >= 11 is 0. The van der Waals surface area contributed by atoms with E-state index < -0.39 is 0 Å². The van der Waals surface area contributed by atoms with Crippen LogP contribution in [0.3, 0.4) is 0 Å². The normalized spacial score (nSPS) is 33.3. The zero-order chi connectivity index (χ0) is 17.8. The van der Waals surface area contributed by atoms with Crippen molar-refractivity contribution in [3.63, 3.8) is 0 Å². The van der Waals surface area contributed by atoms with E-state index in [1.807, 2.05) is 7.05 Å². The van der Waals surface area contributed by atoms with Crippen LogP contribution in [0.4, 0.5) is 0 Å². The predicted molar refractivity (Wildman–Crippen MR) is 96.1 cm³/mol. The zero-order valence-electron chi connectivity index (χ0n) is 15.7. The van der Waals surface area contributed by atoms with Gasteiger partial charge in [-0.3, -0.25) is 9.59 Å². The van der Waals surface area contributed by atoms with Gasteiger partial charge in [0.2, 0.25) is 11.8 Å². The lowest BCUT2D eigenvalue weighted by Gasteiger charge is -2.47. The molecule has 0 radical (unpaired) electrons. The lowest BCUT2D eigenvalue weighted by atomic mass is 9.81. The van der Waals surface area contributed by atoms with Crippen LogP contribution >= 0.6 is 0 Å². The average molecular weight is 351 g/mol. The number of methoxy groups -OCH3 is 1. The minimum Gasteiger partial charge on any atom is -0.381 e. The van der Waals surface area contributed by atoms with Crippen molar-refractivity contribution in [1.29, 1.82) is 0 Å². The van der Waals surface area contributed by atoms with Crippen LogP contribution in [0.25, 0.3) is 0 Å². The zero-order valence-corrected chi connectivity index (χ0v) is 15.7. The maximum atomic E-state index is 12.9. The fraction of sp³-hybridized carbons (Fsp3) is 0.895. The quantitative estimate of drug-likeness (QED) is 0.810. The topological polar surface area (TPSA) is 61.9 Å². The van der Waals surface area contributed by atoms with Crippen molar-refractivity contribution in [2.24, 2.45) is 11.8 Å². The van der Waals surface area contributed by atoms with Gasteiger partial charge in [-0.2, -0.15) is 0 Å². The Hall–Kier alpha value is -1.14. The number of rotatable bonds is 5. The molecule has 6 nitrogen and oxygen atoms in total. The SMILES string of the molecule is CNCCN1C(=O)CC[C@H]2CN(C(=O)C3CCC(OC)CC3)CC[C@H]21. The summed E-state index contributed by atoms with van der Waals surface area (Å²) in [4.78, 5) is 29.4. The summed E-state index contributed by atoms with van der Waals surface area (Å²) in [6, 6.07) is 0.322. The molecule has 0 bridgehead atoms. The summed E-state index contributed by atoms with van der Waals surface area (Å²) in [6.45, 7) is 3.25. The molecule has 3 rings (SSSR count). The van der Waals surface area contributed by atoms with E-state index >= 15 is 0 Å². The Bertz CT molecular complexity index is 477. The first-order valence-corrected chi connectivity index (χ1v) is 9.89. The van der Waals surface area contributed by atoms with Crippen LogP contribution in [0.5, 0.6) is 0 Å². The molecule has 6 heteroatoms. The highest BCUT2D eigenvalue weighted by Crippen LogP contribution is 2.33. The summed E-state index contributed by atoms with van der Waals surface area (Å²) in [5, 5.41) is 3.14. The van der Waals surface area contributed by atoms with Crippen LogP contribution in [-0.4, -0.2) is 74.1 Å². The highest BCUT2D eigenvalue weighted by Gasteiger charge is 2.41. The maximum absolute atomic E-state index is 12.9. The van der Waals surface area contributed by atoms with E-state index in [9.17, 15) is 9.59 Å². The van der Waals surface area contributed by atoms with Gasteiger partial charge in [0, 0.05) is 51.7 Å². The Morgan fingerprint density at radius 3 is 2.64 bits per heavy atom. The molecule has 1 saturated carbocycles. The molecule has 2 saturated heterocycles. The summed E-state index contributed by atoms with van der Waals surface area (Å²) < 4.78 is 5.42. The molecule has 2 atom stereocenters. The lowest BCUT2D eigenvalue weighted by Crippen LogP contribution is -2.58. The van der Waals surface area contributed by atoms with Crippen LogP contribution in [-0.2, 0) is 14.3 Å². The Morgan fingerprint density at radius 1 is 1.20 bits per heavy atom. The van der Waals surface area contributed by atoms with Gasteiger partial charge in [-0.1, -0.05) is 0 Å². The molecule has 25 heavy (non-hydrogen) atoms. The number of carbonyl (C=O) groups is 2. The minimum absolute atomic E-state index is 0.175. The van der Waals surface area contributed by atoms with Crippen LogP contribution in [0.15, 0.2) is 0 Å². The van der Waals surface area contributed by atoms with Crippen LogP contribution < -0.4 is 5.32 Å². The number of hydrogen-bond acceptors (Lipinski definition) is 4. The molecule has 2 amide bonds. The molecule has 0 unspecified atom stereocenters. The largest absolute Gasteiger partial charge is 0.381 e. The molecular formula is C19H33N3O3. The van der Waals surface area contributed by atoms with E-state index in [0.717, 1.165) is 64.7 Å². The molecule has 3 aliphatic rings. The molecule has 1 N–H and O–H groups in total. The predicted octanol–water partition coefficient (Wildman–Crippen LogP) is 1.25. The van der Waals surface area contributed by atoms with Crippen molar-refractivity contribution in [2.45, 2.75) is 57.1 Å². The summed E-state index contributed by atoms with van der Waals surface area (Å²) in [7, 11) is 3.69. The van der Waals surface area contributed by atoms with E-state index in [1.54, 1.807) is 7.11 Å². The first-order chi connectivity index (χ1) is 12.1. The van der Waals surface area contributed by atoms with Crippen molar-refractivity contribution < 1.29 is 14.3 Å². The van der Waals surface area contributed by atoms with Crippen molar-refractivity contribution in [1.82, 2.24) is 15.1 Å². The first-order valence-electron chi connectivity index (χ1n) is 9.89. The van der Waals surface area contributed by atoms with Crippen LogP contribution in [0, 0.1) is 11.8 Å². The smallest absolute Gasteiger partial charge is 0.225 e. The standard InChI is InChI=1S/C19H33N3O3/c1-20-10-12-22-17-9-11-21(13-15(17)5-8-18(22)23)19(24)14-3-6-16(25-2)7-4-14/h14-17,20H,3-13H2,1-2H3/t14?,15-,16?,17+/m0/s1. The molecule has 2 heterocycles. The van der Waals surface area contributed by atoms with Crippen molar-refractivity contribution in [2.75, 3.05) is 40.3 Å². The van der Waals surface area contributed by atoms with E-state index in [2.05, 4.69) is 15.1 Å². The van der Waals surface area contributed by atoms with Crippen LogP contribution in [0.1, 0.15) is 44.9 Å². The second-order valence-electron chi connectivity index (χ2n) is 7.84. The van der Waals surface area contributed by atoms with Gasteiger partial charge >= 0.3 is 0 Å². The molecular weight excluding hydrogens is 318 g/mol. The Kier molecular flexibility index (Phi) is 6.34. The fourth-order valence-corrected chi connectivity index (χ4v) is 4.88. The van der Waals surface area contributed by atoms with Crippen molar-refractivity contribution in [3.8, 4) is 0 Å². The van der Waals surface area contributed by atoms with Gasteiger partial charge < -0.3 is 19.9 Å². The number of carbonyl (C=O) groups excluding carboxylic acids is 2. The van der Waals surface area contributed by atoms with Gasteiger partial charge in [0.15, 0.2) is 0 Å². The second-order valence-corrected chi connectivity index (χ2v) is 7.84. The Morgan fingerprint density at radius 2 is 1.96 bits per heavy atom. The summed E-state index contributed by atoms with van der Waals surface area (Å²) in [6.07, 6.45) is 6.73. The van der Waals surface area contributed by atoms with Gasteiger partial charge in [-0.05, 0) is 51.5 Å². The summed E-state index contributed by atoms with van der Waals surface area (Å²) in [5.41, 5.74) is 0. The third-order valence-electron chi connectivity index (χ3n) is 6.41. The Balaban J connectivity index is 1.56. The number of fused-ring (bicyclic) bond motifs is 1. The van der Waals surface area contributed by atoms with E-state index in [-0.39, 0.29) is 11.8 Å². The highest BCUT2D eigenvalue weighted by atomic mass is 16.5. The molecule has 0 aromatic heterocycles. The van der Waals surface area contributed by atoms with Crippen molar-refractivity contribution >= 4 is 11.8 Å². The van der Waals surface area contributed by atoms with Gasteiger partial charge in [0.1, 0.15) is 0 Å². The average Bonchev–Trinajstić information content (AvgIpc) is 2.66. The maximum Gasteiger partial charge on any atom is 0.225 e. The van der Waals surface area contributed by atoms with E-state index in [4.69, 9.17) is 4.74 Å². The van der Waals surface area contributed by atoms with E-state index in [1.165, 1.54) is 0 Å². The van der Waals surface area contributed by atoms with Gasteiger partial charge in [0.25, 0.3) is 0 Å². The number of ether oxygens (including phenoxy) is 1. The van der Waals surface area contributed by atoms with E-state index in [0.29, 0.717) is 30.4 Å². The number of piperidine rings is 2. The molecule has 0 aromatic rings. The van der Waals surface area contributed by atoms with Crippen LogP contribution in [0.2, 0.25) is 0 Å². The number of nitrogens with zero attached hydrogens (tertiary/aromatic N) is 2. The minimum atomic E-state index is 0.175. The highest BCUT2D eigenvalue weighted by molar-refractivity contribution is 5.80. The third kappa shape index (κ3) is 4.17. The number of likely N-dealkylation sites (tertiary alicyclic amines) is 2. The van der Waals surface area contributed by atoms with Crippen molar-refractivity contribution in [3.05, 3.63) is 0 Å². The number of hydrogen-bond donors (Lipinski definition) is 1.